The van der Waals surface area contributed by atoms with Gasteiger partial charge in [-0.1, -0.05) is 0 Å². The van der Waals surface area contributed by atoms with Crippen LogP contribution in [0.1, 0.15) is 4.88 Å². The SMILES string of the molecule is Nc1ncnc(NCc2sccc2Br)c1Br. The van der Waals surface area contributed by atoms with Gasteiger partial charge >= 0.3 is 0 Å². The number of halogens is 2. The molecule has 0 aliphatic rings. The minimum absolute atomic E-state index is 0.433. The van der Waals surface area contributed by atoms with Crippen LogP contribution in [0.2, 0.25) is 0 Å². The highest BCUT2D eigenvalue weighted by atomic mass is 79.9. The molecule has 2 rings (SSSR count). The van der Waals surface area contributed by atoms with Gasteiger partial charge in [0.1, 0.15) is 22.4 Å². The molecule has 2 aromatic rings. The Morgan fingerprint density at radius 1 is 1.38 bits per heavy atom. The fourth-order valence-corrected chi connectivity index (χ4v) is 2.90. The van der Waals surface area contributed by atoms with Crippen LogP contribution in [0, 0.1) is 0 Å². The molecule has 0 saturated heterocycles. The number of nitrogens with zero attached hydrogens (tertiary/aromatic N) is 2. The van der Waals surface area contributed by atoms with Crippen molar-refractivity contribution in [1.82, 2.24) is 9.97 Å². The summed E-state index contributed by atoms with van der Waals surface area (Å²) in [4.78, 5) is 9.20. The fourth-order valence-electron chi connectivity index (χ4n) is 1.12. The van der Waals surface area contributed by atoms with E-state index in [0.717, 1.165) is 4.47 Å². The molecule has 16 heavy (non-hydrogen) atoms. The van der Waals surface area contributed by atoms with Crippen molar-refractivity contribution in [2.75, 3.05) is 11.1 Å². The Kier molecular flexibility index (Phi) is 3.78. The van der Waals surface area contributed by atoms with Crippen molar-refractivity contribution in [2.24, 2.45) is 0 Å². The highest BCUT2D eigenvalue weighted by Crippen LogP contribution is 2.27. The predicted molar refractivity (Wildman–Crippen MR) is 73.5 cm³/mol. The largest absolute Gasteiger partial charge is 0.383 e. The Bertz CT molecular complexity index is 500. The van der Waals surface area contributed by atoms with Gasteiger partial charge in [0.05, 0.1) is 6.54 Å². The molecule has 2 heterocycles. The highest BCUT2D eigenvalue weighted by molar-refractivity contribution is 9.11. The minimum atomic E-state index is 0.433. The zero-order valence-corrected chi connectivity index (χ0v) is 12.1. The van der Waals surface area contributed by atoms with Crippen LogP contribution in [0.25, 0.3) is 0 Å². The molecule has 0 aliphatic heterocycles. The monoisotopic (exact) mass is 362 g/mol. The summed E-state index contributed by atoms with van der Waals surface area (Å²) in [5, 5.41) is 5.23. The Morgan fingerprint density at radius 2 is 2.19 bits per heavy atom. The molecule has 0 bridgehead atoms. The van der Waals surface area contributed by atoms with Crippen LogP contribution >= 0.6 is 43.2 Å². The Balaban J connectivity index is 2.11. The number of hydrogen-bond acceptors (Lipinski definition) is 5. The van der Waals surface area contributed by atoms with Crippen molar-refractivity contribution in [3.05, 3.63) is 31.6 Å². The van der Waals surface area contributed by atoms with Gasteiger partial charge in [0.15, 0.2) is 0 Å². The molecule has 0 amide bonds. The van der Waals surface area contributed by atoms with Gasteiger partial charge in [0, 0.05) is 9.35 Å². The molecule has 0 spiro atoms. The number of nitrogen functional groups attached to an aromatic ring is 1. The van der Waals surface area contributed by atoms with Gasteiger partial charge in [-0.25, -0.2) is 9.97 Å². The average Bonchev–Trinajstić information content (AvgIpc) is 2.67. The number of nitrogens with two attached hydrogens (primary N) is 1. The van der Waals surface area contributed by atoms with Crippen molar-refractivity contribution in [2.45, 2.75) is 6.54 Å². The first kappa shape index (κ1) is 11.8. The second-order valence-corrected chi connectivity index (χ2v) is 5.61. The third-order valence-electron chi connectivity index (χ3n) is 1.92. The number of aromatic nitrogens is 2. The standard InChI is InChI=1S/C9H8Br2N4S/c10-5-1-2-16-6(5)3-13-9-7(11)8(12)14-4-15-9/h1-2,4H,3H2,(H3,12,13,14,15). The second kappa shape index (κ2) is 5.11. The van der Waals surface area contributed by atoms with Gasteiger partial charge in [-0.05, 0) is 43.3 Å². The summed E-state index contributed by atoms with van der Waals surface area (Å²) in [5.41, 5.74) is 5.65. The molecule has 0 unspecified atom stereocenters. The van der Waals surface area contributed by atoms with E-state index in [-0.39, 0.29) is 0 Å². The van der Waals surface area contributed by atoms with Gasteiger partial charge in [0.2, 0.25) is 0 Å². The van der Waals surface area contributed by atoms with Gasteiger partial charge in [-0.3, -0.25) is 0 Å². The van der Waals surface area contributed by atoms with E-state index < -0.39 is 0 Å². The molecule has 0 radical (unpaired) electrons. The fraction of sp³-hybridized carbons (Fsp3) is 0.111. The topological polar surface area (TPSA) is 63.8 Å². The quantitative estimate of drug-likeness (QED) is 0.878. The third-order valence-corrected chi connectivity index (χ3v) is 4.63. The number of thiophene rings is 1. The lowest BCUT2D eigenvalue weighted by Gasteiger charge is -2.07. The summed E-state index contributed by atoms with van der Waals surface area (Å²) >= 11 is 8.50. The molecule has 0 fully saturated rings. The maximum atomic E-state index is 5.65. The first-order valence-electron chi connectivity index (χ1n) is 4.40. The number of anilines is 2. The number of rotatable bonds is 3. The molecule has 4 nitrogen and oxygen atoms in total. The summed E-state index contributed by atoms with van der Waals surface area (Å²) in [6, 6.07) is 2.02. The molecule has 0 aromatic carbocycles. The third kappa shape index (κ3) is 2.53. The predicted octanol–water partition coefficient (Wildman–Crippen LogP) is 3.26. The van der Waals surface area contributed by atoms with Crippen LogP contribution in [0.4, 0.5) is 11.6 Å². The van der Waals surface area contributed by atoms with Crippen LogP contribution in [0.15, 0.2) is 26.7 Å². The maximum absolute atomic E-state index is 5.65. The van der Waals surface area contributed by atoms with E-state index in [1.54, 1.807) is 11.3 Å². The lowest BCUT2D eigenvalue weighted by atomic mass is 10.4. The van der Waals surface area contributed by atoms with Crippen LogP contribution in [0.5, 0.6) is 0 Å². The van der Waals surface area contributed by atoms with E-state index in [0.29, 0.717) is 22.7 Å². The van der Waals surface area contributed by atoms with Crippen molar-refractivity contribution >= 4 is 54.8 Å². The van der Waals surface area contributed by atoms with E-state index >= 15 is 0 Å². The van der Waals surface area contributed by atoms with Crippen LogP contribution in [0.3, 0.4) is 0 Å². The van der Waals surface area contributed by atoms with Gasteiger partial charge < -0.3 is 11.1 Å². The molecule has 84 valence electrons. The summed E-state index contributed by atoms with van der Waals surface area (Å²) in [6.07, 6.45) is 1.44. The lowest BCUT2D eigenvalue weighted by molar-refractivity contribution is 1.09. The minimum Gasteiger partial charge on any atom is -0.383 e. The number of hydrogen-bond donors (Lipinski definition) is 2. The lowest BCUT2D eigenvalue weighted by Crippen LogP contribution is -2.03. The van der Waals surface area contributed by atoms with Crippen molar-refractivity contribution in [1.29, 1.82) is 0 Å². The highest BCUT2D eigenvalue weighted by Gasteiger charge is 2.07. The van der Waals surface area contributed by atoms with Gasteiger partial charge in [-0.15, -0.1) is 11.3 Å². The van der Waals surface area contributed by atoms with Crippen molar-refractivity contribution < 1.29 is 0 Å². The molecule has 2 aromatic heterocycles. The van der Waals surface area contributed by atoms with Crippen LogP contribution in [-0.2, 0) is 6.54 Å². The summed E-state index contributed by atoms with van der Waals surface area (Å²) in [5.74, 6) is 1.13. The summed E-state index contributed by atoms with van der Waals surface area (Å²) in [7, 11) is 0. The van der Waals surface area contributed by atoms with E-state index in [9.17, 15) is 0 Å². The molecular formula is C9H8Br2N4S. The summed E-state index contributed by atoms with van der Waals surface area (Å²) < 4.78 is 1.80. The van der Waals surface area contributed by atoms with E-state index in [1.807, 2.05) is 11.4 Å². The smallest absolute Gasteiger partial charge is 0.146 e. The molecular weight excluding hydrogens is 356 g/mol. The first-order valence-corrected chi connectivity index (χ1v) is 6.86. The normalized spacial score (nSPS) is 10.4. The van der Waals surface area contributed by atoms with Gasteiger partial charge in [0.25, 0.3) is 0 Å². The Hall–Kier alpha value is -0.660. The Labute approximate surface area is 114 Å². The van der Waals surface area contributed by atoms with E-state index in [1.165, 1.54) is 11.2 Å². The van der Waals surface area contributed by atoms with Crippen molar-refractivity contribution in [3.8, 4) is 0 Å². The Morgan fingerprint density at radius 3 is 2.88 bits per heavy atom. The number of nitrogens with one attached hydrogen (secondary N) is 1. The molecule has 0 saturated carbocycles. The maximum Gasteiger partial charge on any atom is 0.146 e. The van der Waals surface area contributed by atoms with Crippen LogP contribution < -0.4 is 11.1 Å². The molecule has 3 N–H and O–H groups in total. The van der Waals surface area contributed by atoms with E-state index in [4.69, 9.17) is 5.73 Å². The molecule has 7 heteroatoms. The van der Waals surface area contributed by atoms with Gasteiger partial charge in [-0.2, -0.15) is 0 Å². The first-order chi connectivity index (χ1) is 7.68. The average molecular weight is 364 g/mol. The zero-order chi connectivity index (χ0) is 11.5. The zero-order valence-electron chi connectivity index (χ0n) is 8.08. The van der Waals surface area contributed by atoms with Crippen molar-refractivity contribution in [3.63, 3.8) is 0 Å². The second-order valence-electron chi connectivity index (χ2n) is 2.97. The molecule has 0 aliphatic carbocycles. The summed E-state index contributed by atoms with van der Waals surface area (Å²) in [6.45, 7) is 0.702. The van der Waals surface area contributed by atoms with E-state index in [2.05, 4.69) is 47.1 Å². The van der Waals surface area contributed by atoms with Crippen LogP contribution in [-0.4, -0.2) is 9.97 Å². The molecule has 0 atom stereocenters.